The molecule has 0 unspecified atom stereocenters. The molecule has 0 saturated heterocycles. The van der Waals surface area contributed by atoms with Gasteiger partial charge in [0.2, 0.25) is 0 Å². The van der Waals surface area contributed by atoms with E-state index in [1.165, 1.54) is 24.8 Å². The molecule has 0 heterocycles. The molecule has 0 spiro atoms. The quantitative estimate of drug-likeness (QED) is 0.261. The highest BCUT2D eigenvalue weighted by atomic mass is 15.1. The zero-order valence-electron chi connectivity index (χ0n) is 14.6. The van der Waals surface area contributed by atoms with Gasteiger partial charge in [-0.2, -0.15) is 0 Å². The molecule has 0 aromatic heterocycles. The molecule has 1 aliphatic rings. The van der Waals surface area contributed by atoms with Crippen LogP contribution < -0.4 is 0 Å². The summed E-state index contributed by atoms with van der Waals surface area (Å²) in [6.07, 6.45) is 9.17. The molecule has 2 rings (SSSR count). The molecule has 0 N–H and O–H groups in total. The van der Waals surface area contributed by atoms with Crippen LogP contribution in [0.4, 0.5) is 0 Å². The van der Waals surface area contributed by atoms with Crippen molar-refractivity contribution >= 4 is 0 Å². The Morgan fingerprint density at radius 1 is 1.26 bits per heavy atom. The minimum atomic E-state index is -0.0903. The topological polar surface area (TPSA) is 48.8 Å². The average molecular weight is 311 g/mol. The fourth-order valence-corrected chi connectivity index (χ4v) is 3.84. The van der Waals surface area contributed by atoms with Gasteiger partial charge >= 0.3 is 0 Å². The maximum atomic E-state index is 8.86. The highest BCUT2D eigenvalue weighted by Crippen LogP contribution is 2.38. The molecule has 3 heteroatoms. The first-order chi connectivity index (χ1) is 11.1. The Morgan fingerprint density at radius 2 is 2.00 bits per heavy atom. The molecular formula is C20H29N3. The molecule has 124 valence electrons. The van der Waals surface area contributed by atoms with Crippen molar-refractivity contribution in [3.8, 4) is 0 Å². The Bertz CT molecular complexity index is 543. The zero-order valence-corrected chi connectivity index (χ0v) is 14.6. The molecule has 1 aliphatic carbocycles. The molecule has 23 heavy (non-hydrogen) atoms. The van der Waals surface area contributed by atoms with Crippen molar-refractivity contribution in [2.75, 3.05) is 0 Å². The second-order valence-electron chi connectivity index (χ2n) is 7.34. The lowest BCUT2D eigenvalue weighted by Crippen LogP contribution is -2.26. The van der Waals surface area contributed by atoms with E-state index in [9.17, 15) is 0 Å². The molecule has 1 fully saturated rings. The van der Waals surface area contributed by atoms with Crippen LogP contribution in [0.3, 0.4) is 0 Å². The zero-order chi connectivity index (χ0) is 16.7. The van der Waals surface area contributed by atoms with Gasteiger partial charge < -0.3 is 0 Å². The summed E-state index contributed by atoms with van der Waals surface area (Å²) in [4.78, 5) is 3.04. The molecule has 1 aromatic carbocycles. The fourth-order valence-electron chi connectivity index (χ4n) is 3.84. The SMILES string of the molecule is CC(C)[C@@H]1CC[C@@H](C)C[C@H]1C=C[C@H](Cc1ccccc1)N=[N+]=[N-]. The summed E-state index contributed by atoms with van der Waals surface area (Å²) in [7, 11) is 0. The second kappa shape index (κ2) is 8.79. The summed E-state index contributed by atoms with van der Waals surface area (Å²) < 4.78 is 0. The van der Waals surface area contributed by atoms with Crippen molar-refractivity contribution in [3.63, 3.8) is 0 Å². The van der Waals surface area contributed by atoms with Crippen molar-refractivity contribution < 1.29 is 0 Å². The van der Waals surface area contributed by atoms with E-state index in [1.807, 2.05) is 18.2 Å². The van der Waals surface area contributed by atoms with E-state index in [1.54, 1.807) is 0 Å². The smallest absolute Gasteiger partial charge is 0.0595 e. The first kappa shape index (κ1) is 17.6. The fraction of sp³-hybridized carbons (Fsp3) is 0.600. The van der Waals surface area contributed by atoms with Crippen LogP contribution in [0.1, 0.15) is 45.6 Å². The van der Waals surface area contributed by atoms with Crippen molar-refractivity contribution in [3.05, 3.63) is 58.5 Å². The van der Waals surface area contributed by atoms with Gasteiger partial charge in [0.05, 0.1) is 6.04 Å². The maximum Gasteiger partial charge on any atom is 0.0595 e. The van der Waals surface area contributed by atoms with E-state index in [0.717, 1.165) is 18.3 Å². The van der Waals surface area contributed by atoms with Crippen LogP contribution in [0, 0.1) is 23.7 Å². The van der Waals surface area contributed by atoms with Gasteiger partial charge in [0.1, 0.15) is 0 Å². The molecule has 0 amide bonds. The molecular weight excluding hydrogens is 282 g/mol. The van der Waals surface area contributed by atoms with Gasteiger partial charge in [0.15, 0.2) is 0 Å². The van der Waals surface area contributed by atoms with Crippen molar-refractivity contribution in [2.24, 2.45) is 28.8 Å². The van der Waals surface area contributed by atoms with Gasteiger partial charge in [-0.15, -0.1) is 0 Å². The van der Waals surface area contributed by atoms with Crippen molar-refractivity contribution in [2.45, 2.75) is 52.5 Å². The third-order valence-corrected chi connectivity index (χ3v) is 5.14. The standard InChI is InChI=1S/C20H29N3/c1-15(2)20-12-9-16(3)13-18(20)10-11-19(22-23-21)14-17-7-5-4-6-8-17/h4-8,10-11,15-16,18-20H,9,12-14H2,1-3H3/t16-,18-,19-,20+/m1/s1. The number of allylic oxidation sites excluding steroid dienone is 1. The lowest BCUT2D eigenvalue weighted by Gasteiger charge is -2.36. The average Bonchev–Trinajstić information content (AvgIpc) is 2.53. The van der Waals surface area contributed by atoms with E-state index in [4.69, 9.17) is 5.53 Å². The minimum Gasteiger partial charge on any atom is -0.0862 e. The van der Waals surface area contributed by atoms with Crippen LogP contribution in [-0.4, -0.2) is 6.04 Å². The van der Waals surface area contributed by atoms with E-state index in [0.29, 0.717) is 11.8 Å². The lowest BCUT2D eigenvalue weighted by molar-refractivity contribution is 0.178. The van der Waals surface area contributed by atoms with Gasteiger partial charge in [0.25, 0.3) is 0 Å². The Kier molecular flexibility index (Phi) is 6.73. The monoisotopic (exact) mass is 311 g/mol. The predicted molar refractivity (Wildman–Crippen MR) is 97.1 cm³/mol. The summed E-state index contributed by atoms with van der Waals surface area (Å²) in [5, 5.41) is 3.99. The summed E-state index contributed by atoms with van der Waals surface area (Å²) >= 11 is 0. The maximum absolute atomic E-state index is 8.86. The van der Waals surface area contributed by atoms with Crippen molar-refractivity contribution in [1.82, 2.24) is 0 Å². The van der Waals surface area contributed by atoms with Crippen LogP contribution in [0.2, 0.25) is 0 Å². The van der Waals surface area contributed by atoms with Crippen LogP contribution in [0.15, 0.2) is 47.6 Å². The summed E-state index contributed by atoms with van der Waals surface area (Å²) in [6.45, 7) is 7.01. The second-order valence-corrected chi connectivity index (χ2v) is 7.34. The summed E-state index contributed by atoms with van der Waals surface area (Å²) in [5.41, 5.74) is 10.1. The van der Waals surface area contributed by atoms with E-state index >= 15 is 0 Å². The first-order valence-electron chi connectivity index (χ1n) is 8.86. The van der Waals surface area contributed by atoms with Gasteiger partial charge in [-0.1, -0.05) is 74.8 Å². The third kappa shape index (κ3) is 5.44. The molecule has 1 aromatic rings. The van der Waals surface area contributed by atoms with E-state index < -0.39 is 0 Å². The number of benzene rings is 1. The van der Waals surface area contributed by atoms with Gasteiger partial charge in [0, 0.05) is 4.91 Å². The molecule has 4 atom stereocenters. The Hall–Kier alpha value is -1.73. The number of hydrogen-bond acceptors (Lipinski definition) is 1. The van der Waals surface area contributed by atoms with E-state index in [-0.39, 0.29) is 6.04 Å². The lowest BCUT2D eigenvalue weighted by atomic mass is 9.70. The first-order valence-corrected chi connectivity index (χ1v) is 8.86. The van der Waals surface area contributed by atoms with Gasteiger partial charge in [-0.3, -0.25) is 0 Å². The van der Waals surface area contributed by atoms with Crippen LogP contribution >= 0.6 is 0 Å². The van der Waals surface area contributed by atoms with Gasteiger partial charge in [-0.25, -0.2) is 0 Å². The largest absolute Gasteiger partial charge is 0.0862 e. The number of rotatable bonds is 6. The molecule has 0 bridgehead atoms. The van der Waals surface area contributed by atoms with Crippen LogP contribution in [0.5, 0.6) is 0 Å². The molecule has 0 radical (unpaired) electrons. The highest BCUT2D eigenvalue weighted by Gasteiger charge is 2.28. The van der Waals surface area contributed by atoms with Crippen LogP contribution in [-0.2, 0) is 6.42 Å². The van der Waals surface area contributed by atoms with Gasteiger partial charge in [-0.05, 0) is 54.0 Å². The van der Waals surface area contributed by atoms with E-state index in [2.05, 4.69) is 55.1 Å². The molecule has 0 aliphatic heterocycles. The molecule has 3 nitrogen and oxygen atoms in total. The third-order valence-electron chi connectivity index (χ3n) is 5.14. The number of nitrogens with zero attached hydrogens (tertiary/aromatic N) is 3. The normalized spacial score (nSPS) is 26.2. The minimum absolute atomic E-state index is 0.0903. The number of hydrogen-bond donors (Lipinski definition) is 0. The number of azide groups is 1. The molecule has 1 saturated carbocycles. The summed E-state index contributed by atoms with van der Waals surface area (Å²) in [5.74, 6) is 2.88. The summed E-state index contributed by atoms with van der Waals surface area (Å²) in [6, 6.07) is 10.2. The predicted octanol–water partition coefficient (Wildman–Crippen LogP) is 6.17. The Labute approximate surface area is 140 Å². The Balaban J connectivity index is 2.07. The van der Waals surface area contributed by atoms with Crippen molar-refractivity contribution in [1.29, 1.82) is 0 Å². The van der Waals surface area contributed by atoms with Crippen LogP contribution in [0.25, 0.3) is 10.4 Å². The highest BCUT2D eigenvalue weighted by molar-refractivity contribution is 5.18. The Morgan fingerprint density at radius 3 is 2.65 bits per heavy atom.